The van der Waals surface area contributed by atoms with Crippen molar-refractivity contribution in [3.63, 3.8) is 0 Å². The van der Waals surface area contributed by atoms with Crippen LogP contribution in [-0.4, -0.2) is 50.8 Å². The number of hydrogen-bond acceptors (Lipinski definition) is 4. The van der Waals surface area contributed by atoms with Crippen LogP contribution in [0.15, 0.2) is 0 Å². The maximum Gasteiger partial charge on any atom is 0.220 e. The Morgan fingerprint density at radius 2 is 1.46 bits per heavy atom. The molecule has 0 saturated carbocycles. The lowest BCUT2D eigenvalue weighted by molar-refractivity contribution is -0.122. The second-order valence-corrected chi connectivity index (χ2v) is 6.15. The predicted octanol–water partition coefficient (Wildman–Crippen LogP) is 2.41. The van der Waals surface area contributed by atoms with Gasteiger partial charge in [-0.15, -0.1) is 0 Å². The van der Waals surface area contributed by atoms with Crippen LogP contribution in [-0.2, 0) is 19.1 Å². The Balaban J connectivity index is 3.33. The summed E-state index contributed by atoms with van der Waals surface area (Å²) in [6.07, 6.45) is 5.72. The van der Waals surface area contributed by atoms with Crippen molar-refractivity contribution < 1.29 is 19.1 Å². The molecule has 2 amide bonds. The van der Waals surface area contributed by atoms with E-state index in [1.807, 2.05) is 13.8 Å². The number of amides is 2. The van der Waals surface area contributed by atoms with E-state index in [0.717, 1.165) is 32.2 Å². The second kappa shape index (κ2) is 16.7. The molecule has 0 atom stereocenters. The SMILES string of the molecule is CCCCCNC(=O)CCCC(=O)NCCCOCCOC(C)C. The van der Waals surface area contributed by atoms with Gasteiger partial charge in [-0.25, -0.2) is 0 Å². The van der Waals surface area contributed by atoms with Gasteiger partial charge in [0.15, 0.2) is 0 Å². The van der Waals surface area contributed by atoms with Crippen LogP contribution in [0, 0.1) is 0 Å². The average Bonchev–Trinajstić information content (AvgIpc) is 2.54. The fourth-order valence-corrected chi connectivity index (χ4v) is 2.04. The molecule has 0 radical (unpaired) electrons. The van der Waals surface area contributed by atoms with E-state index in [1.54, 1.807) is 0 Å². The summed E-state index contributed by atoms with van der Waals surface area (Å²) in [5.41, 5.74) is 0. The van der Waals surface area contributed by atoms with E-state index in [-0.39, 0.29) is 17.9 Å². The summed E-state index contributed by atoms with van der Waals surface area (Å²) >= 11 is 0. The molecule has 0 rings (SSSR count). The van der Waals surface area contributed by atoms with Crippen molar-refractivity contribution in [2.24, 2.45) is 0 Å². The standard InChI is InChI=1S/C18H36N2O4/c1-4-5-6-11-19-17(21)9-7-10-18(22)20-12-8-13-23-14-15-24-16(2)3/h16H,4-15H2,1-3H3,(H,19,21)(H,20,22). The normalized spacial score (nSPS) is 10.8. The minimum absolute atomic E-state index is 0.00285. The van der Waals surface area contributed by atoms with Gasteiger partial charge < -0.3 is 20.1 Å². The Morgan fingerprint density at radius 3 is 2.04 bits per heavy atom. The lowest BCUT2D eigenvalue weighted by Gasteiger charge is -2.08. The molecule has 142 valence electrons. The van der Waals surface area contributed by atoms with Crippen molar-refractivity contribution >= 4 is 11.8 Å². The lowest BCUT2D eigenvalue weighted by atomic mass is 10.2. The molecule has 0 spiro atoms. The van der Waals surface area contributed by atoms with Crippen LogP contribution in [0.2, 0.25) is 0 Å². The zero-order valence-electron chi connectivity index (χ0n) is 15.7. The third-order valence-electron chi connectivity index (χ3n) is 3.38. The molecule has 0 saturated heterocycles. The summed E-state index contributed by atoms with van der Waals surface area (Å²) in [5.74, 6) is 0.0350. The van der Waals surface area contributed by atoms with Crippen LogP contribution in [0.25, 0.3) is 0 Å². The number of carbonyl (C=O) groups excluding carboxylic acids is 2. The van der Waals surface area contributed by atoms with E-state index in [0.29, 0.717) is 45.6 Å². The molecule has 0 aromatic carbocycles. The number of ether oxygens (including phenoxy) is 2. The molecule has 0 aromatic heterocycles. The zero-order valence-corrected chi connectivity index (χ0v) is 15.7. The maximum atomic E-state index is 11.6. The van der Waals surface area contributed by atoms with Gasteiger partial charge in [-0.3, -0.25) is 9.59 Å². The summed E-state index contributed by atoms with van der Waals surface area (Å²) < 4.78 is 10.8. The summed E-state index contributed by atoms with van der Waals surface area (Å²) in [6.45, 7) is 9.26. The topological polar surface area (TPSA) is 76.7 Å². The first-order valence-corrected chi connectivity index (χ1v) is 9.29. The molecular weight excluding hydrogens is 308 g/mol. The van der Waals surface area contributed by atoms with E-state index in [9.17, 15) is 9.59 Å². The number of rotatable bonds is 16. The molecule has 6 nitrogen and oxygen atoms in total. The minimum atomic E-state index is -0.00285. The van der Waals surface area contributed by atoms with E-state index in [1.165, 1.54) is 0 Å². The van der Waals surface area contributed by atoms with E-state index in [2.05, 4.69) is 17.6 Å². The maximum absolute atomic E-state index is 11.6. The third kappa shape index (κ3) is 17.2. The first kappa shape index (κ1) is 22.9. The highest BCUT2D eigenvalue weighted by atomic mass is 16.5. The average molecular weight is 344 g/mol. The minimum Gasteiger partial charge on any atom is -0.379 e. The van der Waals surface area contributed by atoms with Crippen molar-refractivity contribution in [3.05, 3.63) is 0 Å². The quantitative estimate of drug-likeness (QED) is 0.422. The van der Waals surface area contributed by atoms with Gasteiger partial charge in [0.2, 0.25) is 11.8 Å². The Morgan fingerprint density at radius 1 is 0.833 bits per heavy atom. The molecule has 0 aliphatic carbocycles. The number of carbonyl (C=O) groups is 2. The Labute approximate surface area is 147 Å². The highest BCUT2D eigenvalue weighted by Crippen LogP contribution is 1.97. The van der Waals surface area contributed by atoms with Gasteiger partial charge >= 0.3 is 0 Å². The fraction of sp³-hybridized carbons (Fsp3) is 0.889. The van der Waals surface area contributed by atoms with Crippen LogP contribution in [0.4, 0.5) is 0 Å². The van der Waals surface area contributed by atoms with Crippen molar-refractivity contribution in [2.75, 3.05) is 32.9 Å². The molecule has 0 heterocycles. The number of hydrogen-bond donors (Lipinski definition) is 2. The molecule has 0 unspecified atom stereocenters. The molecule has 0 aliphatic heterocycles. The predicted molar refractivity (Wildman–Crippen MR) is 95.9 cm³/mol. The highest BCUT2D eigenvalue weighted by molar-refractivity contribution is 5.78. The Kier molecular flexibility index (Phi) is 15.9. The Hall–Kier alpha value is -1.14. The van der Waals surface area contributed by atoms with Crippen LogP contribution in [0.3, 0.4) is 0 Å². The van der Waals surface area contributed by atoms with E-state index < -0.39 is 0 Å². The highest BCUT2D eigenvalue weighted by Gasteiger charge is 2.04. The van der Waals surface area contributed by atoms with E-state index in [4.69, 9.17) is 9.47 Å². The summed E-state index contributed by atoms with van der Waals surface area (Å²) in [4.78, 5) is 23.2. The fourth-order valence-electron chi connectivity index (χ4n) is 2.04. The van der Waals surface area contributed by atoms with Crippen LogP contribution >= 0.6 is 0 Å². The number of nitrogens with one attached hydrogen (secondary N) is 2. The molecular formula is C18H36N2O4. The first-order chi connectivity index (χ1) is 11.6. The Bertz CT molecular complexity index is 322. The van der Waals surface area contributed by atoms with Gasteiger partial charge in [-0.2, -0.15) is 0 Å². The van der Waals surface area contributed by atoms with Gasteiger partial charge in [0.05, 0.1) is 19.3 Å². The molecule has 2 N–H and O–H groups in total. The lowest BCUT2D eigenvalue weighted by Crippen LogP contribution is -2.27. The third-order valence-corrected chi connectivity index (χ3v) is 3.38. The molecule has 0 fully saturated rings. The first-order valence-electron chi connectivity index (χ1n) is 9.29. The van der Waals surface area contributed by atoms with Crippen molar-refractivity contribution in [2.45, 2.75) is 71.8 Å². The smallest absolute Gasteiger partial charge is 0.220 e. The molecule has 0 bridgehead atoms. The second-order valence-electron chi connectivity index (χ2n) is 6.15. The van der Waals surface area contributed by atoms with Crippen molar-refractivity contribution in [1.29, 1.82) is 0 Å². The van der Waals surface area contributed by atoms with Crippen molar-refractivity contribution in [1.82, 2.24) is 10.6 Å². The van der Waals surface area contributed by atoms with Gasteiger partial charge in [0, 0.05) is 32.5 Å². The monoisotopic (exact) mass is 344 g/mol. The molecule has 24 heavy (non-hydrogen) atoms. The summed E-state index contributed by atoms with van der Waals surface area (Å²) in [7, 11) is 0. The molecule has 6 heteroatoms. The molecule has 0 aliphatic rings. The number of unbranched alkanes of at least 4 members (excludes halogenated alkanes) is 2. The zero-order chi connectivity index (χ0) is 18.0. The van der Waals surface area contributed by atoms with Gasteiger partial charge in [0.25, 0.3) is 0 Å². The van der Waals surface area contributed by atoms with Crippen LogP contribution < -0.4 is 10.6 Å². The van der Waals surface area contributed by atoms with Gasteiger partial charge in [0.1, 0.15) is 0 Å². The van der Waals surface area contributed by atoms with Gasteiger partial charge in [-0.05, 0) is 33.1 Å². The van der Waals surface area contributed by atoms with Crippen LogP contribution in [0.1, 0.15) is 65.7 Å². The summed E-state index contributed by atoms with van der Waals surface area (Å²) in [5, 5.41) is 5.72. The molecule has 0 aromatic rings. The largest absolute Gasteiger partial charge is 0.379 e. The summed E-state index contributed by atoms with van der Waals surface area (Å²) in [6, 6.07) is 0. The van der Waals surface area contributed by atoms with Crippen molar-refractivity contribution in [3.8, 4) is 0 Å². The van der Waals surface area contributed by atoms with Gasteiger partial charge in [-0.1, -0.05) is 19.8 Å². The van der Waals surface area contributed by atoms with E-state index >= 15 is 0 Å². The van der Waals surface area contributed by atoms with Crippen LogP contribution in [0.5, 0.6) is 0 Å².